The van der Waals surface area contributed by atoms with Gasteiger partial charge in [0, 0.05) is 12.6 Å². The summed E-state index contributed by atoms with van der Waals surface area (Å²) in [6.07, 6.45) is 0.817. The van der Waals surface area contributed by atoms with Gasteiger partial charge in [0.2, 0.25) is 10.0 Å². The number of rotatable bonds is 3. The Morgan fingerprint density at radius 1 is 1.30 bits per heavy atom. The normalized spacial score (nSPS) is 22.7. The van der Waals surface area contributed by atoms with Crippen molar-refractivity contribution in [2.24, 2.45) is 5.41 Å². The first-order chi connectivity index (χ1) is 9.22. The lowest BCUT2D eigenvalue weighted by atomic mass is 9.81. The quantitative estimate of drug-likeness (QED) is 0.896. The molecule has 0 aliphatic carbocycles. The Balaban J connectivity index is 2.27. The van der Waals surface area contributed by atoms with Crippen molar-refractivity contribution in [1.29, 1.82) is 0 Å². The van der Waals surface area contributed by atoms with Crippen molar-refractivity contribution in [3.05, 3.63) is 29.3 Å². The van der Waals surface area contributed by atoms with Crippen LogP contribution in [0.1, 0.15) is 31.4 Å². The predicted molar refractivity (Wildman–Crippen MR) is 81.3 cm³/mol. The molecule has 2 N–H and O–H groups in total. The van der Waals surface area contributed by atoms with Gasteiger partial charge >= 0.3 is 0 Å². The molecule has 112 valence electrons. The SMILES string of the molecule is Cc1ccc(S(=O)(=O)NC2CCNCC2(C)C)c(C)c1. The van der Waals surface area contributed by atoms with Crippen LogP contribution >= 0.6 is 0 Å². The Morgan fingerprint density at radius 3 is 2.60 bits per heavy atom. The van der Waals surface area contributed by atoms with Gasteiger partial charge in [0.05, 0.1) is 4.90 Å². The Kier molecular flexibility index (Phi) is 4.23. The lowest BCUT2D eigenvalue weighted by molar-refractivity contribution is 0.206. The molecule has 1 aromatic carbocycles. The van der Waals surface area contributed by atoms with Crippen molar-refractivity contribution in [3.63, 3.8) is 0 Å². The summed E-state index contributed by atoms with van der Waals surface area (Å²) in [5, 5.41) is 3.31. The number of aryl methyl sites for hydroxylation is 2. The van der Waals surface area contributed by atoms with E-state index in [2.05, 4.69) is 23.9 Å². The molecular weight excluding hydrogens is 272 g/mol. The van der Waals surface area contributed by atoms with Gasteiger partial charge < -0.3 is 5.32 Å². The molecule has 1 heterocycles. The highest BCUT2D eigenvalue weighted by Crippen LogP contribution is 2.27. The van der Waals surface area contributed by atoms with E-state index >= 15 is 0 Å². The summed E-state index contributed by atoms with van der Waals surface area (Å²) in [7, 11) is -3.46. The molecule has 1 unspecified atom stereocenters. The minimum absolute atomic E-state index is 0.0329. The van der Waals surface area contributed by atoms with Crippen LogP contribution in [0.15, 0.2) is 23.1 Å². The Morgan fingerprint density at radius 2 is 2.00 bits per heavy atom. The van der Waals surface area contributed by atoms with Crippen molar-refractivity contribution in [2.45, 2.75) is 45.1 Å². The topological polar surface area (TPSA) is 58.2 Å². The molecule has 0 bridgehead atoms. The van der Waals surface area contributed by atoms with Crippen LogP contribution in [0.5, 0.6) is 0 Å². The van der Waals surface area contributed by atoms with Gasteiger partial charge in [-0.1, -0.05) is 31.5 Å². The molecule has 5 heteroatoms. The van der Waals surface area contributed by atoms with Gasteiger partial charge in [0.15, 0.2) is 0 Å². The molecule has 2 rings (SSSR count). The van der Waals surface area contributed by atoms with Crippen molar-refractivity contribution in [3.8, 4) is 0 Å². The Bertz CT molecular complexity index is 594. The van der Waals surface area contributed by atoms with Gasteiger partial charge in [-0.05, 0) is 43.9 Å². The molecule has 0 aromatic heterocycles. The molecular formula is C15H24N2O2S. The van der Waals surface area contributed by atoms with Crippen LogP contribution in [0.25, 0.3) is 0 Å². The van der Waals surface area contributed by atoms with Gasteiger partial charge in [-0.3, -0.25) is 0 Å². The van der Waals surface area contributed by atoms with E-state index in [4.69, 9.17) is 0 Å². The molecule has 4 nitrogen and oxygen atoms in total. The summed E-state index contributed by atoms with van der Waals surface area (Å²) in [6.45, 7) is 9.67. The van der Waals surface area contributed by atoms with Crippen LogP contribution in [0.2, 0.25) is 0 Å². The van der Waals surface area contributed by atoms with Gasteiger partial charge in [-0.25, -0.2) is 13.1 Å². The number of nitrogens with one attached hydrogen (secondary N) is 2. The molecule has 1 saturated heterocycles. The molecule has 1 atom stereocenters. The lowest BCUT2D eigenvalue weighted by Crippen LogP contribution is -2.54. The maximum atomic E-state index is 12.6. The van der Waals surface area contributed by atoms with E-state index in [-0.39, 0.29) is 11.5 Å². The smallest absolute Gasteiger partial charge is 0.241 e. The van der Waals surface area contributed by atoms with Crippen LogP contribution in [0.4, 0.5) is 0 Å². The largest absolute Gasteiger partial charge is 0.316 e. The fraction of sp³-hybridized carbons (Fsp3) is 0.600. The van der Waals surface area contributed by atoms with Crippen LogP contribution < -0.4 is 10.0 Å². The second-order valence-electron chi connectivity index (χ2n) is 6.40. The summed E-state index contributed by atoms with van der Waals surface area (Å²) < 4.78 is 28.1. The van der Waals surface area contributed by atoms with Crippen LogP contribution in [0, 0.1) is 19.3 Å². The molecule has 1 aliphatic heterocycles. The fourth-order valence-corrected chi connectivity index (χ4v) is 4.41. The van der Waals surface area contributed by atoms with Crippen molar-refractivity contribution in [1.82, 2.24) is 10.0 Å². The van der Waals surface area contributed by atoms with E-state index in [1.165, 1.54) is 0 Å². The van der Waals surface area contributed by atoms with Gasteiger partial charge in [-0.15, -0.1) is 0 Å². The fourth-order valence-electron chi connectivity index (χ4n) is 2.74. The highest BCUT2D eigenvalue weighted by molar-refractivity contribution is 7.89. The average molecular weight is 296 g/mol. The highest BCUT2D eigenvalue weighted by Gasteiger charge is 2.35. The predicted octanol–water partition coefficient (Wildman–Crippen LogP) is 1.97. The van der Waals surface area contributed by atoms with E-state index in [9.17, 15) is 8.42 Å². The van der Waals surface area contributed by atoms with Crippen molar-refractivity contribution >= 4 is 10.0 Å². The van der Waals surface area contributed by atoms with E-state index in [1.54, 1.807) is 6.07 Å². The maximum Gasteiger partial charge on any atom is 0.241 e. The zero-order valence-corrected chi connectivity index (χ0v) is 13.5. The maximum absolute atomic E-state index is 12.6. The Hall–Kier alpha value is -0.910. The minimum Gasteiger partial charge on any atom is -0.316 e. The summed E-state index contributed by atoms with van der Waals surface area (Å²) >= 11 is 0. The molecule has 0 spiro atoms. The number of hydrogen-bond acceptors (Lipinski definition) is 3. The summed E-state index contributed by atoms with van der Waals surface area (Å²) in [4.78, 5) is 0.387. The third-order valence-electron chi connectivity index (χ3n) is 4.05. The first kappa shape index (κ1) is 15.5. The second-order valence-corrected chi connectivity index (χ2v) is 8.08. The second kappa shape index (κ2) is 5.47. The highest BCUT2D eigenvalue weighted by atomic mass is 32.2. The van der Waals surface area contributed by atoms with Crippen LogP contribution in [0.3, 0.4) is 0 Å². The summed E-state index contributed by atoms with van der Waals surface area (Å²) in [5.74, 6) is 0. The average Bonchev–Trinajstić information content (AvgIpc) is 2.31. The zero-order valence-electron chi connectivity index (χ0n) is 12.7. The van der Waals surface area contributed by atoms with E-state index in [0.29, 0.717) is 4.90 Å². The molecule has 1 aromatic rings. The van der Waals surface area contributed by atoms with E-state index in [0.717, 1.165) is 30.6 Å². The summed E-state index contributed by atoms with van der Waals surface area (Å²) in [5.41, 5.74) is 1.79. The minimum atomic E-state index is -3.46. The summed E-state index contributed by atoms with van der Waals surface area (Å²) in [6, 6.07) is 5.41. The molecule has 20 heavy (non-hydrogen) atoms. The Labute approximate surface area is 122 Å². The van der Waals surface area contributed by atoms with Crippen LogP contribution in [-0.2, 0) is 10.0 Å². The molecule has 0 saturated carbocycles. The van der Waals surface area contributed by atoms with Crippen LogP contribution in [-0.4, -0.2) is 27.5 Å². The van der Waals surface area contributed by atoms with E-state index < -0.39 is 10.0 Å². The molecule has 1 aliphatic rings. The lowest BCUT2D eigenvalue weighted by Gasteiger charge is -2.39. The molecule has 0 radical (unpaired) electrons. The van der Waals surface area contributed by atoms with Gasteiger partial charge in [-0.2, -0.15) is 0 Å². The number of sulfonamides is 1. The molecule has 0 amide bonds. The number of benzene rings is 1. The van der Waals surface area contributed by atoms with E-state index in [1.807, 2.05) is 26.0 Å². The monoisotopic (exact) mass is 296 g/mol. The standard InChI is InChI=1S/C15H24N2O2S/c1-11-5-6-13(12(2)9-11)20(18,19)17-14-7-8-16-10-15(14,3)4/h5-6,9,14,16-17H,7-8,10H2,1-4H3. The number of hydrogen-bond donors (Lipinski definition) is 2. The first-order valence-corrected chi connectivity index (χ1v) is 8.51. The zero-order chi connectivity index (χ0) is 15.0. The third-order valence-corrected chi connectivity index (χ3v) is 5.68. The van der Waals surface area contributed by atoms with Gasteiger partial charge in [0.25, 0.3) is 0 Å². The molecule has 1 fully saturated rings. The number of piperidine rings is 1. The third kappa shape index (κ3) is 3.22. The first-order valence-electron chi connectivity index (χ1n) is 7.03. The van der Waals surface area contributed by atoms with Crippen molar-refractivity contribution < 1.29 is 8.42 Å². The van der Waals surface area contributed by atoms with Crippen molar-refractivity contribution in [2.75, 3.05) is 13.1 Å². The van der Waals surface area contributed by atoms with Gasteiger partial charge in [0.1, 0.15) is 0 Å².